The van der Waals surface area contributed by atoms with Crippen LogP contribution in [-0.2, 0) is 0 Å². The van der Waals surface area contributed by atoms with E-state index in [4.69, 9.17) is 16.3 Å². The van der Waals surface area contributed by atoms with E-state index in [1.807, 2.05) is 49.4 Å². The number of hydrogen-bond acceptors (Lipinski definition) is 5. The summed E-state index contributed by atoms with van der Waals surface area (Å²) in [5.74, 6) is 0.920. The van der Waals surface area contributed by atoms with Crippen LogP contribution in [0.3, 0.4) is 0 Å². The molecule has 0 spiro atoms. The van der Waals surface area contributed by atoms with E-state index in [2.05, 4.69) is 36.4 Å². The highest BCUT2D eigenvalue weighted by atomic mass is 35.5. The van der Waals surface area contributed by atoms with Crippen molar-refractivity contribution in [3.05, 3.63) is 53.1 Å². The molecule has 146 valence electrons. The van der Waals surface area contributed by atoms with Crippen molar-refractivity contribution in [1.82, 2.24) is 9.88 Å². The number of nitrogens with zero attached hydrogens (tertiary/aromatic N) is 2. The number of hydrogen-bond donors (Lipinski definition) is 1. The average molecular weight is 423 g/mol. The van der Waals surface area contributed by atoms with Gasteiger partial charge in [-0.05, 0) is 56.8 Å². The lowest BCUT2D eigenvalue weighted by Gasteiger charge is -2.17. The van der Waals surface area contributed by atoms with Gasteiger partial charge in [-0.25, -0.2) is 4.98 Å². The Morgan fingerprint density at radius 2 is 1.81 bits per heavy atom. The monoisotopic (exact) mass is 422 g/mol. The molecule has 27 heavy (non-hydrogen) atoms. The molecule has 0 aliphatic heterocycles. The van der Waals surface area contributed by atoms with Crippen molar-refractivity contribution in [1.29, 1.82) is 0 Å². The molecule has 0 bridgehead atoms. The minimum absolute atomic E-state index is 0.758. The molecule has 0 atom stereocenters. The molecule has 0 fully saturated rings. The van der Waals surface area contributed by atoms with Crippen molar-refractivity contribution in [3.8, 4) is 5.75 Å². The molecule has 2 aromatic carbocycles. The normalized spacial score (nSPS) is 10.7. The van der Waals surface area contributed by atoms with Gasteiger partial charge >= 0.3 is 0 Å². The number of aryl methyl sites for hydroxylation is 1. The summed E-state index contributed by atoms with van der Waals surface area (Å²) in [4.78, 5) is 6.72. The fourth-order valence-electron chi connectivity index (χ4n) is 2.53. The van der Waals surface area contributed by atoms with E-state index in [0.29, 0.717) is 0 Å². The van der Waals surface area contributed by atoms with Crippen molar-refractivity contribution in [3.63, 3.8) is 0 Å². The predicted molar refractivity (Wildman–Crippen MR) is 121 cm³/mol. The Morgan fingerprint density at radius 1 is 1.11 bits per heavy atom. The van der Waals surface area contributed by atoms with E-state index in [1.165, 1.54) is 5.56 Å². The first-order valence-electron chi connectivity index (χ1n) is 9.18. The zero-order valence-electron chi connectivity index (χ0n) is 16.1. The average Bonchev–Trinajstić information content (AvgIpc) is 3.04. The molecular formula is C21H27ClN2OS2. The highest BCUT2D eigenvalue weighted by molar-refractivity contribution is 7.82. The number of thiazole rings is 1. The Kier molecular flexibility index (Phi) is 9.42. The third-order valence-corrected chi connectivity index (χ3v) is 5.59. The van der Waals surface area contributed by atoms with Gasteiger partial charge < -0.3 is 9.64 Å². The number of fused-ring (bicyclic) bond motifs is 1. The van der Waals surface area contributed by atoms with Gasteiger partial charge in [0.1, 0.15) is 10.1 Å². The molecule has 0 aliphatic rings. The second-order valence-electron chi connectivity index (χ2n) is 6.15. The van der Waals surface area contributed by atoms with Crippen molar-refractivity contribution < 1.29 is 4.74 Å². The van der Waals surface area contributed by atoms with Gasteiger partial charge in [0.25, 0.3) is 0 Å². The lowest BCUT2D eigenvalue weighted by Crippen LogP contribution is -2.25. The molecule has 0 aliphatic carbocycles. The van der Waals surface area contributed by atoms with E-state index in [-0.39, 0.29) is 0 Å². The summed E-state index contributed by atoms with van der Waals surface area (Å²) in [6, 6.07) is 13.8. The summed E-state index contributed by atoms with van der Waals surface area (Å²) in [6.45, 7) is 10.5. The maximum atomic E-state index is 5.79. The summed E-state index contributed by atoms with van der Waals surface area (Å²) in [6.07, 6.45) is 1.06. The number of rotatable bonds is 7. The molecule has 0 unspecified atom stereocenters. The maximum absolute atomic E-state index is 5.79. The molecule has 1 aromatic heterocycles. The van der Waals surface area contributed by atoms with Gasteiger partial charge in [-0.1, -0.05) is 43.1 Å². The highest BCUT2D eigenvalue weighted by Gasteiger charge is 2.03. The molecule has 0 amide bonds. The second kappa shape index (κ2) is 11.5. The number of thiol groups is 1. The van der Waals surface area contributed by atoms with Gasteiger partial charge in [0.15, 0.2) is 0 Å². The standard InChI is InChI=1S/C14H20N2OS2.C7H7Cl/c1-3-16(4-2)8-5-9-17-11-6-7-12-13(10-11)19-14(18)15-12;1-6-2-4-7(8)5-3-6/h6-7,10H,3-5,8-9H2,1-2H3,(H,15,18);2-5H,1H3. The third-order valence-electron chi connectivity index (χ3n) is 4.14. The Balaban J connectivity index is 0.000000273. The smallest absolute Gasteiger partial charge is 0.148 e. The topological polar surface area (TPSA) is 25.4 Å². The van der Waals surface area contributed by atoms with Crippen LogP contribution in [0, 0.1) is 6.92 Å². The summed E-state index contributed by atoms with van der Waals surface area (Å²) >= 11 is 11.5. The zero-order chi connectivity index (χ0) is 19.6. The van der Waals surface area contributed by atoms with Crippen molar-refractivity contribution >= 4 is 45.8 Å². The minimum Gasteiger partial charge on any atom is -0.493 e. The lowest BCUT2D eigenvalue weighted by molar-refractivity contribution is 0.249. The summed E-state index contributed by atoms with van der Waals surface area (Å²) in [5, 5.41) is 0.801. The van der Waals surface area contributed by atoms with E-state index >= 15 is 0 Å². The quantitative estimate of drug-likeness (QED) is 0.355. The number of aromatic nitrogens is 1. The molecule has 0 radical (unpaired) electrons. The van der Waals surface area contributed by atoms with Crippen LogP contribution >= 0.6 is 35.6 Å². The van der Waals surface area contributed by atoms with E-state index in [1.54, 1.807) is 11.3 Å². The van der Waals surface area contributed by atoms with Crippen LogP contribution in [0.1, 0.15) is 25.8 Å². The number of halogens is 1. The van der Waals surface area contributed by atoms with Crippen LogP contribution in [0.2, 0.25) is 5.02 Å². The molecule has 0 saturated carbocycles. The van der Waals surface area contributed by atoms with E-state index in [9.17, 15) is 0 Å². The largest absolute Gasteiger partial charge is 0.493 e. The summed E-state index contributed by atoms with van der Waals surface area (Å²) in [5.41, 5.74) is 2.24. The van der Waals surface area contributed by atoms with Gasteiger partial charge in [-0.15, -0.1) is 24.0 Å². The van der Waals surface area contributed by atoms with Gasteiger partial charge in [-0.2, -0.15) is 0 Å². The van der Waals surface area contributed by atoms with Crippen molar-refractivity contribution in [2.45, 2.75) is 31.5 Å². The van der Waals surface area contributed by atoms with E-state index in [0.717, 1.165) is 58.0 Å². The highest BCUT2D eigenvalue weighted by Crippen LogP contribution is 2.27. The predicted octanol–water partition coefficient (Wildman–Crippen LogP) is 6.34. The summed E-state index contributed by atoms with van der Waals surface area (Å²) in [7, 11) is 0. The Morgan fingerprint density at radius 3 is 2.44 bits per heavy atom. The van der Waals surface area contributed by atoms with Crippen LogP contribution in [0.5, 0.6) is 5.75 Å². The van der Waals surface area contributed by atoms with Gasteiger partial charge in [0.05, 0.1) is 16.8 Å². The minimum atomic E-state index is 0.758. The van der Waals surface area contributed by atoms with Crippen LogP contribution in [0.15, 0.2) is 46.8 Å². The number of benzene rings is 2. The van der Waals surface area contributed by atoms with Gasteiger partial charge in [-0.3, -0.25) is 0 Å². The van der Waals surface area contributed by atoms with Crippen LogP contribution in [-0.4, -0.2) is 36.1 Å². The Labute approximate surface area is 176 Å². The fourth-order valence-corrected chi connectivity index (χ4v) is 3.80. The maximum Gasteiger partial charge on any atom is 0.148 e. The van der Waals surface area contributed by atoms with Crippen LogP contribution in [0.4, 0.5) is 0 Å². The molecule has 3 nitrogen and oxygen atoms in total. The van der Waals surface area contributed by atoms with Gasteiger partial charge in [0.2, 0.25) is 0 Å². The first kappa shape index (κ1) is 22.0. The molecule has 1 heterocycles. The SMILES string of the molecule is CCN(CC)CCCOc1ccc2nc(S)sc2c1.Cc1ccc(Cl)cc1. The fraction of sp³-hybridized carbons (Fsp3) is 0.381. The van der Waals surface area contributed by atoms with E-state index < -0.39 is 0 Å². The molecule has 0 saturated heterocycles. The number of ether oxygens (including phenoxy) is 1. The van der Waals surface area contributed by atoms with Gasteiger partial charge in [0, 0.05) is 11.6 Å². The van der Waals surface area contributed by atoms with Crippen LogP contribution < -0.4 is 4.74 Å². The Bertz CT molecular complexity index is 796. The first-order valence-corrected chi connectivity index (χ1v) is 10.8. The van der Waals surface area contributed by atoms with Crippen molar-refractivity contribution in [2.75, 3.05) is 26.2 Å². The second-order valence-corrected chi connectivity index (χ2v) is 8.34. The molecular weight excluding hydrogens is 396 g/mol. The Hall–Kier alpha value is -1.27. The molecule has 3 rings (SSSR count). The third kappa shape index (κ3) is 7.70. The zero-order valence-corrected chi connectivity index (χ0v) is 18.6. The van der Waals surface area contributed by atoms with Crippen molar-refractivity contribution in [2.24, 2.45) is 0 Å². The molecule has 0 N–H and O–H groups in total. The summed E-state index contributed by atoms with van der Waals surface area (Å²) < 4.78 is 7.72. The lowest BCUT2D eigenvalue weighted by atomic mass is 10.2. The molecule has 3 aromatic rings. The van der Waals surface area contributed by atoms with Crippen LogP contribution in [0.25, 0.3) is 10.2 Å². The first-order chi connectivity index (χ1) is 13.0. The molecule has 6 heteroatoms.